The summed E-state index contributed by atoms with van der Waals surface area (Å²) < 4.78 is 30.8. The summed E-state index contributed by atoms with van der Waals surface area (Å²) in [6.45, 7) is 6.40. The fraction of sp³-hybridized carbons (Fsp3) is 0.407. The predicted octanol–water partition coefficient (Wildman–Crippen LogP) is 5.59. The minimum absolute atomic E-state index is 0.251. The summed E-state index contributed by atoms with van der Waals surface area (Å²) in [4.78, 5) is 2.42. The molecule has 1 fully saturated rings. The Hall–Kier alpha value is -2.63. The third-order valence-electron chi connectivity index (χ3n) is 6.59. The average molecular weight is 438 g/mol. The third-order valence-corrected chi connectivity index (χ3v) is 6.59. The number of halogens is 1. The molecule has 4 nitrogen and oxygen atoms in total. The normalized spacial score (nSPS) is 20.1. The van der Waals surface area contributed by atoms with Gasteiger partial charge in [0.1, 0.15) is 11.6 Å². The first-order valence-electron chi connectivity index (χ1n) is 11.3. The first-order valence-corrected chi connectivity index (χ1v) is 11.3. The Bertz CT molecular complexity index is 959. The van der Waals surface area contributed by atoms with Crippen LogP contribution in [0.5, 0.6) is 5.75 Å². The zero-order chi connectivity index (χ0) is 22.6. The Labute approximate surface area is 190 Å². The Balaban J connectivity index is 1.44. The molecule has 0 bridgehead atoms. The molecule has 0 N–H and O–H groups in total. The summed E-state index contributed by atoms with van der Waals surface area (Å²) in [5.41, 5.74) is 4.88. The molecule has 1 unspecified atom stereocenters. The van der Waals surface area contributed by atoms with Crippen molar-refractivity contribution in [3.63, 3.8) is 0 Å². The van der Waals surface area contributed by atoms with E-state index in [1.807, 2.05) is 12.1 Å². The van der Waals surface area contributed by atoms with Gasteiger partial charge in [-0.25, -0.2) is 4.39 Å². The molecule has 5 heteroatoms. The molecule has 1 saturated heterocycles. The fourth-order valence-electron chi connectivity index (χ4n) is 4.55. The highest BCUT2D eigenvalue weighted by Gasteiger charge is 2.38. The molecule has 0 saturated carbocycles. The molecule has 1 atom stereocenters. The first-order chi connectivity index (χ1) is 15.5. The topological polar surface area (TPSA) is 30.9 Å². The van der Waals surface area contributed by atoms with Crippen molar-refractivity contribution in [2.45, 2.75) is 44.9 Å². The lowest BCUT2D eigenvalue weighted by Crippen LogP contribution is -2.37. The molecule has 0 aliphatic carbocycles. The second kappa shape index (κ2) is 9.88. The summed E-state index contributed by atoms with van der Waals surface area (Å²) in [5.74, 6) is -0.154. The van der Waals surface area contributed by atoms with E-state index in [9.17, 15) is 4.39 Å². The lowest BCUT2D eigenvalue weighted by Gasteiger charge is -2.36. The van der Waals surface area contributed by atoms with Crippen molar-refractivity contribution in [2.24, 2.45) is 0 Å². The minimum atomic E-state index is -0.778. The van der Waals surface area contributed by atoms with Gasteiger partial charge in [-0.1, -0.05) is 24.3 Å². The van der Waals surface area contributed by atoms with Crippen LogP contribution < -0.4 is 4.74 Å². The molecule has 32 heavy (non-hydrogen) atoms. The molecular weight excluding hydrogens is 405 g/mol. The maximum absolute atomic E-state index is 13.4. The van der Waals surface area contributed by atoms with Crippen molar-refractivity contribution >= 4 is 0 Å². The highest BCUT2D eigenvalue weighted by atomic mass is 19.1. The second-order valence-electron chi connectivity index (χ2n) is 8.55. The molecule has 2 aliphatic rings. The van der Waals surface area contributed by atoms with Crippen LogP contribution in [0.4, 0.5) is 4.39 Å². The molecule has 2 heterocycles. The third kappa shape index (κ3) is 4.89. The number of nitrogens with zero attached hydrogens (tertiary/aromatic N) is 1. The number of methoxy groups -OCH3 is 1. The Morgan fingerprint density at radius 2 is 1.72 bits per heavy atom. The van der Waals surface area contributed by atoms with E-state index in [0.717, 1.165) is 37.1 Å². The smallest absolute Gasteiger partial charge is 0.195 e. The minimum Gasteiger partial charge on any atom is -0.497 e. The van der Waals surface area contributed by atoms with Crippen LogP contribution in [0.2, 0.25) is 0 Å². The van der Waals surface area contributed by atoms with Crippen LogP contribution in [0.25, 0.3) is 0 Å². The molecule has 0 amide bonds. The summed E-state index contributed by atoms with van der Waals surface area (Å²) in [7, 11) is 1.69. The van der Waals surface area contributed by atoms with Crippen LogP contribution in [0.1, 0.15) is 37.8 Å². The number of allylic oxidation sites excluding steroid dienone is 2. The lowest BCUT2D eigenvalue weighted by atomic mass is 9.92. The van der Waals surface area contributed by atoms with Crippen molar-refractivity contribution in [3.05, 3.63) is 88.9 Å². The number of benzene rings is 2. The van der Waals surface area contributed by atoms with E-state index >= 15 is 0 Å². The van der Waals surface area contributed by atoms with Gasteiger partial charge in [0.05, 0.1) is 26.4 Å². The molecule has 0 aromatic heterocycles. The van der Waals surface area contributed by atoms with Crippen LogP contribution in [0.3, 0.4) is 0 Å². The summed E-state index contributed by atoms with van der Waals surface area (Å²) >= 11 is 0. The van der Waals surface area contributed by atoms with Gasteiger partial charge in [-0.3, -0.25) is 0 Å². The highest BCUT2D eigenvalue weighted by Crippen LogP contribution is 2.36. The van der Waals surface area contributed by atoms with Crippen molar-refractivity contribution in [1.29, 1.82) is 0 Å². The zero-order valence-corrected chi connectivity index (χ0v) is 19.1. The van der Waals surface area contributed by atoms with Crippen molar-refractivity contribution in [1.82, 2.24) is 4.90 Å². The molecule has 2 aromatic carbocycles. The largest absolute Gasteiger partial charge is 0.497 e. The zero-order valence-electron chi connectivity index (χ0n) is 19.1. The number of hydrogen-bond donors (Lipinski definition) is 0. The van der Waals surface area contributed by atoms with Crippen molar-refractivity contribution in [2.75, 3.05) is 26.9 Å². The number of hydrogen-bond acceptors (Lipinski definition) is 4. The summed E-state index contributed by atoms with van der Waals surface area (Å²) in [6, 6.07) is 15.1. The van der Waals surface area contributed by atoms with Gasteiger partial charge in [0, 0.05) is 18.5 Å². The number of rotatable bonds is 8. The monoisotopic (exact) mass is 437 g/mol. The lowest BCUT2D eigenvalue weighted by molar-refractivity contribution is -0.172. The summed E-state index contributed by atoms with van der Waals surface area (Å²) in [6.07, 6.45) is 6.95. The van der Waals surface area contributed by atoms with Gasteiger partial charge >= 0.3 is 0 Å². The maximum Gasteiger partial charge on any atom is 0.195 e. The van der Waals surface area contributed by atoms with E-state index in [4.69, 9.17) is 14.2 Å². The molecule has 170 valence electrons. The maximum atomic E-state index is 13.4. The quantitative estimate of drug-likeness (QED) is 0.539. The summed E-state index contributed by atoms with van der Waals surface area (Å²) in [5, 5.41) is 0. The Kier molecular flexibility index (Phi) is 6.97. The van der Waals surface area contributed by atoms with Gasteiger partial charge in [-0.15, -0.1) is 0 Å². The van der Waals surface area contributed by atoms with Gasteiger partial charge in [0.15, 0.2) is 5.79 Å². The number of ether oxygens (including phenoxy) is 3. The van der Waals surface area contributed by atoms with Gasteiger partial charge in [-0.05, 0) is 79.9 Å². The van der Waals surface area contributed by atoms with Crippen LogP contribution in [0, 0.1) is 5.82 Å². The van der Waals surface area contributed by atoms with Crippen LogP contribution in [0.15, 0.2) is 72.0 Å². The molecular formula is C27H32FNO3. The SMILES string of the molecule is COc1ccc(CC2C(C)=C(C)C=CN2CCCC2(c3ccc(F)cc3)OCCO2)cc1. The van der Waals surface area contributed by atoms with E-state index in [2.05, 4.69) is 43.2 Å². The molecule has 2 aromatic rings. The van der Waals surface area contributed by atoms with Crippen LogP contribution in [-0.2, 0) is 21.7 Å². The van der Waals surface area contributed by atoms with E-state index in [-0.39, 0.29) is 5.82 Å². The standard InChI is InChI=1S/C27H32FNO3/c1-20-13-16-29(26(21(20)2)19-22-5-11-25(30-3)12-6-22)15-4-14-27(31-17-18-32-27)23-7-9-24(28)10-8-23/h5-13,16,26H,4,14-15,17-19H2,1-3H3. The molecule has 4 rings (SSSR count). The molecule has 2 aliphatic heterocycles. The van der Waals surface area contributed by atoms with E-state index in [1.54, 1.807) is 19.2 Å². The molecule has 0 radical (unpaired) electrons. The van der Waals surface area contributed by atoms with Gasteiger partial charge < -0.3 is 19.1 Å². The second-order valence-corrected chi connectivity index (χ2v) is 8.55. The molecule has 0 spiro atoms. The van der Waals surface area contributed by atoms with Gasteiger partial charge in [0.25, 0.3) is 0 Å². The fourth-order valence-corrected chi connectivity index (χ4v) is 4.55. The van der Waals surface area contributed by atoms with Crippen LogP contribution in [-0.4, -0.2) is 37.8 Å². The van der Waals surface area contributed by atoms with E-state index in [0.29, 0.717) is 19.3 Å². The van der Waals surface area contributed by atoms with E-state index < -0.39 is 5.79 Å². The van der Waals surface area contributed by atoms with Crippen molar-refractivity contribution < 1.29 is 18.6 Å². The Morgan fingerprint density at radius 3 is 2.38 bits per heavy atom. The Morgan fingerprint density at radius 1 is 1.03 bits per heavy atom. The predicted molar refractivity (Wildman–Crippen MR) is 124 cm³/mol. The van der Waals surface area contributed by atoms with Gasteiger partial charge in [0.2, 0.25) is 0 Å². The van der Waals surface area contributed by atoms with Crippen molar-refractivity contribution in [3.8, 4) is 5.75 Å². The first kappa shape index (κ1) is 22.6. The average Bonchev–Trinajstić information content (AvgIpc) is 3.29. The van der Waals surface area contributed by atoms with Gasteiger partial charge in [-0.2, -0.15) is 0 Å². The van der Waals surface area contributed by atoms with E-state index in [1.165, 1.54) is 28.8 Å². The highest BCUT2D eigenvalue weighted by molar-refractivity contribution is 5.34. The van der Waals surface area contributed by atoms with Crippen LogP contribution >= 0.6 is 0 Å².